The van der Waals surface area contributed by atoms with Gasteiger partial charge in [-0.3, -0.25) is 4.79 Å². The van der Waals surface area contributed by atoms with Gasteiger partial charge in [0.2, 0.25) is 0 Å². The Bertz CT molecular complexity index is 140. The van der Waals surface area contributed by atoms with Crippen molar-refractivity contribution in [3.63, 3.8) is 0 Å². The van der Waals surface area contributed by atoms with E-state index in [0.29, 0.717) is 17.6 Å². The highest BCUT2D eigenvalue weighted by Crippen LogP contribution is 2.30. The largest absolute Gasteiger partial charge is 0.299 e. The fourth-order valence-electron chi connectivity index (χ4n) is 2.10. The van der Waals surface area contributed by atoms with Gasteiger partial charge < -0.3 is 0 Å². The molecule has 0 radical (unpaired) electrons. The summed E-state index contributed by atoms with van der Waals surface area (Å²) in [5, 5.41) is 0. The molecule has 1 rings (SSSR count). The predicted octanol–water partition coefficient (Wildman–Crippen LogP) is 2.79. The molecule has 0 spiro atoms. The van der Waals surface area contributed by atoms with Gasteiger partial charge in [0.05, 0.1) is 0 Å². The molecule has 1 saturated carbocycles. The van der Waals surface area contributed by atoms with Crippen LogP contribution in [-0.2, 0) is 4.79 Å². The zero-order valence-electron chi connectivity index (χ0n) is 7.60. The van der Waals surface area contributed by atoms with Gasteiger partial charge in [0, 0.05) is 12.3 Å². The molecule has 1 heteroatoms. The molecule has 0 N–H and O–H groups in total. The molecule has 1 nitrogen and oxygen atoms in total. The smallest absolute Gasteiger partial charge is 0.136 e. The lowest BCUT2D eigenvalue weighted by Gasteiger charge is -2.15. The fraction of sp³-hybridized carbons (Fsp3) is 0.900. The number of Topliss-reactive ketones (excluding diaryl/α,β-unsaturated/α-hetero) is 1. The van der Waals surface area contributed by atoms with E-state index >= 15 is 0 Å². The highest BCUT2D eigenvalue weighted by molar-refractivity contribution is 5.83. The Hall–Kier alpha value is -0.330. The van der Waals surface area contributed by atoms with Crippen LogP contribution >= 0.6 is 0 Å². The molecule has 2 atom stereocenters. The Kier molecular flexibility index (Phi) is 3.10. The zero-order valence-corrected chi connectivity index (χ0v) is 7.60. The summed E-state index contributed by atoms with van der Waals surface area (Å²) < 4.78 is 0. The zero-order chi connectivity index (χ0) is 8.27. The average molecular weight is 154 g/mol. The van der Waals surface area contributed by atoms with Crippen molar-refractivity contribution in [1.29, 1.82) is 0 Å². The maximum absolute atomic E-state index is 11.3. The predicted molar refractivity (Wildman–Crippen MR) is 46.4 cm³/mol. The third kappa shape index (κ3) is 2.05. The first kappa shape index (κ1) is 8.76. The molecule has 11 heavy (non-hydrogen) atoms. The number of carbonyl (C=O) groups excluding carboxylic acids is 1. The Morgan fingerprint density at radius 3 is 2.82 bits per heavy atom. The van der Waals surface area contributed by atoms with Gasteiger partial charge in [-0.15, -0.1) is 0 Å². The Morgan fingerprint density at radius 1 is 1.64 bits per heavy atom. The number of hydrogen-bond donors (Lipinski definition) is 0. The first-order valence-electron chi connectivity index (χ1n) is 4.78. The minimum atomic E-state index is 0.412. The van der Waals surface area contributed by atoms with Crippen LogP contribution in [0, 0.1) is 11.8 Å². The fourth-order valence-corrected chi connectivity index (χ4v) is 2.10. The highest BCUT2D eigenvalue weighted by Gasteiger charge is 2.28. The second kappa shape index (κ2) is 3.89. The Labute approximate surface area is 69.2 Å². The standard InChI is InChI=1S/C10H18O/c1-3-5-8(2)9-6-4-7-10(9)11/h8-9H,3-7H2,1-2H3/t8?,9-/m1/s1. The molecule has 0 heterocycles. The van der Waals surface area contributed by atoms with Gasteiger partial charge in [-0.05, 0) is 18.8 Å². The van der Waals surface area contributed by atoms with Crippen LogP contribution in [0.25, 0.3) is 0 Å². The summed E-state index contributed by atoms with van der Waals surface area (Å²) in [7, 11) is 0. The van der Waals surface area contributed by atoms with Crippen molar-refractivity contribution in [2.75, 3.05) is 0 Å². The van der Waals surface area contributed by atoms with Crippen LogP contribution in [0.2, 0.25) is 0 Å². The summed E-state index contributed by atoms with van der Waals surface area (Å²) >= 11 is 0. The van der Waals surface area contributed by atoms with Crippen LogP contribution in [0.15, 0.2) is 0 Å². The van der Waals surface area contributed by atoms with Gasteiger partial charge in [0.25, 0.3) is 0 Å². The maximum Gasteiger partial charge on any atom is 0.136 e. The molecule has 1 aliphatic carbocycles. The molecule has 1 fully saturated rings. The summed E-state index contributed by atoms with van der Waals surface area (Å²) in [6, 6.07) is 0. The monoisotopic (exact) mass is 154 g/mol. The molecule has 0 aromatic heterocycles. The van der Waals surface area contributed by atoms with E-state index in [0.717, 1.165) is 19.3 Å². The molecule has 0 aromatic rings. The molecule has 64 valence electrons. The van der Waals surface area contributed by atoms with E-state index in [1.807, 2.05) is 0 Å². The number of ketones is 1. The summed E-state index contributed by atoms with van der Waals surface area (Å²) in [6.45, 7) is 4.41. The van der Waals surface area contributed by atoms with Crippen LogP contribution in [0.3, 0.4) is 0 Å². The van der Waals surface area contributed by atoms with Crippen molar-refractivity contribution in [3.05, 3.63) is 0 Å². The number of carbonyl (C=O) groups is 1. The van der Waals surface area contributed by atoms with E-state index in [1.165, 1.54) is 12.8 Å². The third-order valence-corrected chi connectivity index (χ3v) is 2.78. The normalized spacial score (nSPS) is 27.5. The summed E-state index contributed by atoms with van der Waals surface area (Å²) in [6.07, 6.45) is 5.57. The Morgan fingerprint density at radius 2 is 2.36 bits per heavy atom. The lowest BCUT2D eigenvalue weighted by atomic mass is 9.88. The maximum atomic E-state index is 11.3. The van der Waals surface area contributed by atoms with E-state index in [4.69, 9.17) is 0 Å². The average Bonchev–Trinajstić information content (AvgIpc) is 2.36. The minimum absolute atomic E-state index is 0.412. The molecule has 1 unspecified atom stereocenters. The second-order valence-electron chi connectivity index (χ2n) is 3.73. The molecule has 0 amide bonds. The van der Waals surface area contributed by atoms with E-state index in [-0.39, 0.29) is 0 Å². The Balaban J connectivity index is 2.39. The number of rotatable bonds is 3. The third-order valence-electron chi connectivity index (χ3n) is 2.78. The highest BCUT2D eigenvalue weighted by atomic mass is 16.1. The van der Waals surface area contributed by atoms with E-state index in [9.17, 15) is 4.79 Å². The molecular weight excluding hydrogens is 136 g/mol. The van der Waals surface area contributed by atoms with Crippen LogP contribution < -0.4 is 0 Å². The minimum Gasteiger partial charge on any atom is -0.299 e. The lowest BCUT2D eigenvalue weighted by Crippen LogP contribution is -2.15. The van der Waals surface area contributed by atoms with Crippen LogP contribution in [-0.4, -0.2) is 5.78 Å². The first-order valence-corrected chi connectivity index (χ1v) is 4.78. The lowest BCUT2D eigenvalue weighted by molar-refractivity contribution is -0.121. The molecule has 0 aliphatic heterocycles. The molecule has 0 aromatic carbocycles. The molecule has 1 aliphatic rings. The van der Waals surface area contributed by atoms with Crippen LogP contribution in [0.5, 0.6) is 0 Å². The summed E-state index contributed by atoms with van der Waals surface area (Å²) in [5.41, 5.74) is 0. The van der Waals surface area contributed by atoms with E-state index in [2.05, 4.69) is 13.8 Å². The van der Waals surface area contributed by atoms with Crippen LogP contribution in [0.1, 0.15) is 46.0 Å². The van der Waals surface area contributed by atoms with Gasteiger partial charge in [-0.2, -0.15) is 0 Å². The van der Waals surface area contributed by atoms with Gasteiger partial charge in [-0.25, -0.2) is 0 Å². The van der Waals surface area contributed by atoms with Gasteiger partial charge in [0.1, 0.15) is 5.78 Å². The second-order valence-corrected chi connectivity index (χ2v) is 3.73. The van der Waals surface area contributed by atoms with Crippen molar-refractivity contribution < 1.29 is 4.79 Å². The van der Waals surface area contributed by atoms with Gasteiger partial charge in [-0.1, -0.05) is 26.7 Å². The first-order chi connectivity index (χ1) is 5.25. The summed E-state index contributed by atoms with van der Waals surface area (Å²) in [4.78, 5) is 11.3. The van der Waals surface area contributed by atoms with Crippen molar-refractivity contribution in [2.24, 2.45) is 11.8 Å². The van der Waals surface area contributed by atoms with Crippen molar-refractivity contribution >= 4 is 5.78 Å². The van der Waals surface area contributed by atoms with Crippen molar-refractivity contribution in [2.45, 2.75) is 46.0 Å². The molecule has 0 saturated heterocycles. The van der Waals surface area contributed by atoms with Gasteiger partial charge >= 0.3 is 0 Å². The summed E-state index contributed by atoms with van der Waals surface area (Å²) in [5.74, 6) is 1.57. The topological polar surface area (TPSA) is 17.1 Å². The van der Waals surface area contributed by atoms with E-state index in [1.54, 1.807) is 0 Å². The van der Waals surface area contributed by atoms with Gasteiger partial charge in [0.15, 0.2) is 0 Å². The SMILES string of the molecule is CCCC(C)[C@H]1CCCC1=O. The quantitative estimate of drug-likeness (QED) is 0.611. The van der Waals surface area contributed by atoms with Crippen molar-refractivity contribution in [3.8, 4) is 0 Å². The van der Waals surface area contributed by atoms with Crippen LogP contribution in [0.4, 0.5) is 0 Å². The number of hydrogen-bond acceptors (Lipinski definition) is 1. The van der Waals surface area contributed by atoms with E-state index < -0.39 is 0 Å². The van der Waals surface area contributed by atoms with Crippen molar-refractivity contribution in [1.82, 2.24) is 0 Å². The molecule has 0 bridgehead atoms. The molecular formula is C10H18O.